The van der Waals surface area contributed by atoms with E-state index in [-0.39, 0.29) is 12.5 Å². The normalized spacial score (nSPS) is 10.7. The van der Waals surface area contributed by atoms with Crippen LogP contribution in [0.5, 0.6) is 11.5 Å². The molecule has 8 nitrogen and oxygen atoms in total. The smallest absolute Gasteiger partial charge is 0.258 e. The summed E-state index contributed by atoms with van der Waals surface area (Å²) in [6.45, 7) is 0.313. The Morgan fingerprint density at radius 1 is 1.30 bits per heavy atom. The number of methoxy groups -OCH3 is 1. The Balaban J connectivity index is 1.58. The van der Waals surface area contributed by atoms with Crippen LogP contribution in [0.3, 0.4) is 0 Å². The molecule has 2 aromatic carbocycles. The lowest BCUT2D eigenvalue weighted by Crippen LogP contribution is -2.28. The van der Waals surface area contributed by atoms with Gasteiger partial charge in [-0.2, -0.15) is 5.10 Å². The third kappa shape index (κ3) is 6.19. The van der Waals surface area contributed by atoms with Gasteiger partial charge in [0, 0.05) is 22.0 Å². The first kappa shape index (κ1) is 21.6. The highest BCUT2D eigenvalue weighted by Crippen LogP contribution is 2.33. The van der Waals surface area contributed by atoms with Gasteiger partial charge >= 0.3 is 0 Å². The molecule has 0 saturated carbocycles. The molecule has 156 valence electrons. The highest BCUT2D eigenvalue weighted by molar-refractivity contribution is 9.10. The van der Waals surface area contributed by atoms with Crippen LogP contribution in [0.25, 0.3) is 0 Å². The van der Waals surface area contributed by atoms with Crippen LogP contribution in [-0.4, -0.2) is 30.8 Å². The van der Waals surface area contributed by atoms with E-state index in [0.29, 0.717) is 29.0 Å². The maximum absolute atomic E-state index is 12.1. The number of anilines is 2. The molecule has 1 aromatic heterocycles. The maximum atomic E-state index is 12.1. The van der Waals surface area contributed by atoms with E-state index in [1.807, 2.05) is 30.3 Å². The van der Waals surface area contributed by atoms with Gasteiger partial charge in [0.25, 0.3) is 5.91 Å². The lowest BCUT2D eigenvalue weighted by atomic mass is 10.2. The van der Waals surface area contributed by atoms with Crippen molar-refractivity contribution in [3.05, 3.63) is 63.4 Å². The van der Waals surface area contributed by atoms with Crippen molar-refractivity contribution in [2.75, 3.05) is 24.9 Å². The van der Waals surface area contributed by atoms with E-state index >= 15 is 0 Å². The molecule has 1 heterocycles. The molecule has 0 radical (unpaired) electrons. The second kappa shape index (κ2) is 10.6. The van der Waals surface area contributed by atoms with Gasteiger partial charge in [0.15, 0.2) is 18.1 Å². The number of nitrogens with two attached hydrogens (primary N) is 1. The number of hydrogen-bond acceptors (Lipinski definition) is 8. The zero-order valence-electron chi connectivity index (χ0n) is 16.1. The molecule has 0 aliphatic carbocycles. The quantitative estimate of drug-likeness (QED) is 0.312. The molecular formula is C20H20BrN5O3S. The molecule has 0 spiro atoms. The van der Waals surface area contributed by atoms with Crippen LogP contribution < -0.4 is 25.9 Å². The number of nitrogen functional groups attached to an aromatic ring is 1. The van der Waals surface area contributed by atoms with Gasteiger partial charge in [-0.3, -0.25) is 10.2 Å². The fraction of sp³-hybridized carbons (Fsp3) is 0.150. The number of aromatic nitrogens is 1. The number of nitrogens with one attached hydrogen (secondary N) is 2. The van der Waals surface area contributed by atoms with Gasteiger partial charge in [-0.1, -0.05) is 30.3 Å². The first-order valence-electron chi connectivity index (χ1n) is 8.86. The van der Waals surface area contributed by atoms with Crippen molar-refractivity contribution in [1.82, 2.24) is 10.3 Å². The first-order valence-corrected chi connectivity index (χ1v) is 10.5. The number of benzene rings is 2. The number of amides is 1. The average molecular weight is 490 g/mol. The van der Waals surface area contributed by atoms with Crippen molar-refractivity contribution in [3.8, 4) is 11.5 Å². The average Bonchev–Trinajstić information content (AvgIpc) is 3.17. The molecule has 30 heavy (non-hydrogen) atoms. The summed E-state index contributed by atoms with van der Waals surface area (Å²) >= 11 is 4.84. The Morgan fingerprint density at radius 2 is 2.10 bits per heavy atom. The van der Waals surface area contributed by atoms with Gasteiger partial charge in [0.1, 0.15) is 5.82 Å². The van der Waals surface area contributed by atoms with Crippen molar-refractivity contribution in [2.45, 2.75) is 6.54 Å². The van der Waals surface area contributed by atoms with Gasteiger partial charge in [0.05, 0.1) is 13.3 Å². The second-order valence-electron chi connectivity index (χ2n) is 6.02. The van der Waals surface area contributed by atoms with Crippen LogP contribution in [0.2, 0.25) is 0 Å². The third-order valence-electron chi connectivity index (χ3n) is 3.86. The van der Waals surface area contributed by atoms with E-state index in [0.717, 1.165) is 15.6 Å². The summed E-state index contributed by atoms with van der Waals surface area (Å²) in [4.78, 5) is 16.2. The number of rotatable bonds is 9. The topological polar surface area (TPSA) is 111 Å². The number of halogens is 1. The zero-order chi connectivity index (χ0) is 21.3. The second-order valence-corrected chi connectivity index (χ2v) is 7.74. The predicted octanol–water partition coefficient (Wildman–Crippen LogP) is 3.64. The summed E-state index contributed by atoms with van der Waals surface area (Å²) in [5.74, 6) is 1.13. The minimum atomic E-state index is -0.227. The molecule has 0 bridgehead atoms. The number of hydrogen-bond donors (Lipinski definition) is 3. The molecule has 4 N–H and O–H groups in total. The van der Waals surface area contributed by atoms with Gasteiger partial charge < -0.3 is 20.5 Å². The summed E-state index contributed by atoms with van der Waals surface area (Å²) in [7, 11) is 1.53. The van der Waals surface area contributed by atoms with Gasteiger partial charge in [0.2, 0.25) is 5.13 Å². The van der Waals surface area contributed by atoms with Crippen LogP contribution in [-0.2, 0) is 11.3 Å². The number of carbonyl (C=O) groups is 1. The van der Waals surface area contributed by atoms with E-state index < -0.39 is 0 Å². The van der Waals surface area contributed by atoms with E-state index in [1.54, 1.807) is 23.7 Å². The molecule has 0 fully saturated rings. The van der Waals surface area contributed by atoms with Crippen molar-refractivity contribution < 1.29 is 14.3 Å². The Hall–Kier alpha value is -3.11. The van der Waals surface area contributed by atoms with Crippen molar-refractivity contribution in [3.63, 3.8) is 0 Å². The largest absolute Gasteiger partial charge is 0.493 e. The summed E-state index contributed by atoms with van der Waals surface area (Å²) < 4.78 is 11.8. The summed E-state index contributed by atoms with van der Waals surface area (Å²) in [6, 6.07) is 13.1. The number of hydrazone groups is 1. The highest BCUT2D eigenvalue weighted by Gasteiger charge is 2.11. The SMILES string of the molecule is COc1cc(C=NNc2nc(N)cs2)c(Br)cc1OCC(=O)NCc1ccccc1. The lowest BCUT2D eigenvalue weighted by Gasteiger charge is -2.13. The molecule has 0 atom stereocenters. The van der Waals surface area contributed by atoms with Gasteiger partial charge in [-0.05, 0) is 33.6 Å². The molecule has 0 saturated heterocycles. The Morgan fingerprint density at radius 3 is 2.80 bits per heavy atom. The Labute approximate surface area is 186 Å². The maximum Gasteiger partial charge on any atom is 0.258 e. The third-order valence-corrected chi connectivity index (χ3v) is 5.31. The fourth-order valence-corrected chi connectivity index (χ4v) is 3.38. The zero-order valence-corrected chi connectivity index (χ0v) is 18.5. The minimum absolute atomic E-state index is 0.129. The van der Waals surface area contributed by atoms with Gasteiger partial charge in [-0.15, -0.1) is 11.3 Å². The minimum Gasteiger partial charge on any atom is -0.493 e. The molecule has 0 unspecified atom stereocenters. The summed E-state index contributed by atoms with van der Waals surface area (Å²) in [5.41, 5.74) is 10.2. The predicted molar refractivity (Wildman–Crippen MR) is 122 cm³/mol. The van der Waals surface area contributed by atoms with Crippen LogP contribution in [0.1, 0.15) is 11.1 Å². The summed E-state index contributed by atoms with van der Waals surface area (Å²) in [5, 5.41) is 9.28. The monoisotopic (exact) mass is 489 g/mol. The lowest BCUT2D eigenvalue weighted by molar-refractivity contribution is -0.123. The molecule has 3 aromatic rings. The summed E-state index contributed by atoms with van der Waals surface area (Å²) in [6.07, 6.45) is 1.61. The molecule has 3 rings (SSSR count). The molecular weight excluding hydrogens is 470 g/mol. The van der Waals surface area contributed by atoms with E-state index in [9.17, 15) is 4.79 Å². The fourth-order valence-electron chi connectivity index (χ4n) is 2.41. The molecule has 10 heteroatoms. The first-order chi connectivity index (χ1) is 14.5. The van der Waals surface area contributed by atoms with Crippen molar-refractivity contribution in [1.29, 1.82) is 0 Å². The molecule has 0 aliphatic rings. The number of thiazole rings is 1. The van der Waals surface area contributed by atoms with E-state index in [4.69, 9.17) is 15.2 Å². The van der Waals surface area contributed by atoms with Gasteiger partial charge in [-0.25, -0.2) is 4.98 Å². The van der Waals surface area contributed by atoms with Crippen molar-refractivity contribution in [2.24, 2.45) is 5.10 Å². The molecule has 1 amide bonds. The van der Waals surface area contributed by atoms with Crippen molar-refractivity contribution >= 4 is 50.3 Å². The van der Waals surface area contributed by atoms with Crippen LogP contribution >= 0.6 is 27.3 Å². The standard InChI is InChI=1S/C20H20BrN5O3S/c1-28-16-7-14(10-24-26-20-25-18(22)12-30-20)15(21)8-17(16)29-11-19(27)23-9-13-5-3-2-4-6-13/h2-8,10,12H,9,11,22H2,1H3,(H,23,27)(H,25,26). The van der Waals surface area contributed by atoms with Crippen LogP contribution in [0.4, 0.5) is 10.9 Å². The van der Waals surface area contributed by atoms with Crippen LogP contribution in [0.15, 0.2) is 57.4 Å². The Bertz CT molecular complexity index is 1030. The van der Waals surface area contributed by atoms with Crippen LogP contribution in [0, 0.1) is 0 Å². The Kier molecular flexibility index (Phi) is 7.63. The number of ether oxygens (including phenoxy) is 2. The number of nitrogens with zero attached hydrogens (tertiary/aromatic N) is 2. The number of carbonyl (C=O) groups excluding carboxylic acids is 1. The van der Waals surface area contributed by atoms with E-state index in [1.165, 1.54) is 18.4 Å². The molecule has 0 aliphatic heterocycles. The van der Waals surface area contributed by atoms with E-state index in [2.05, 4.69) is 36.8 Å². The highest BCUT2D eigenvalue weighted by atomic mass is 79.9.